The Labute approximate surface area is 176 Å². The van der Waals surface area contributed by atoms with Crippen molar-refractivity contribution in [3.05, 3.63) is 29.4 Å². The van der Waals surface area contributed by atoms with Crippen molar-refractivity contribution in [1.29, 1.82) is 0 Å². The third-order valence-corrected chi connectivity index (χ3v) is 6.13. The molecule has 0 aromatic carbocycles. The van der Waals surface area contributed by atoms with Gasteiger partial charge in [-0.15, -0.1) is 11.8 Å². The number of aliphatic hydroxyl groups is 2. The molecule has 0 spiro atoms. The SMILES string of the molecule is CCCCC#Cc1nc(Cl)c2nc(-c3ncccn3)n([C@@H]3SC[C@@H](O)[C@H]3O)c2n1. The summed E-state index contributed by atoms with van der Waals surface area (Å²) in [6.45, 7) is 2.10. The van der Waals surface area contributed by atoms with Crippen molar-refractivity contribution in [2.75, 3.05) is 5.75 Å². The second-order valence-corrected chi connectivity index (χ2v) is 8.08. The van der Waals surface area contributed by atoms with E-state index in [1.807, 2.05) is 0 Å². The monoisotopic (exact) mass is 430 g/mol. The molecule has 0 unspecified atom stereocenters. The second kappa shape index (κ2) is 8.63. The molecular weight excluding hydrogens is 412 g/mol. The zero-order valence-electron chi connectivity index (χ0n) is 15.7. The minimum atomic E-state index is -0.993. The fourth-order valence-electron chi connectivity index (χ4n) is 3.03. The molecule has 8 nitrogen and oxygen atoms in total. The highest BCUT2D eigenvalue weighted by Crippen LogP contribution is 2.41. The third-order valence-electron chi connectivity index (χ3n) is 4.50. The van der Waals surface area contributed by atoms with Crippen molar-refractivity contribution in [1.82, 2.24) is 29.5 Å². The van der Waals surface area contributed by atoms with Crippen LogP contribution in [0.3, 0.4) is 0 Å². The minimum absolute atomic E-state index is 0.170. The molecule has 3 aromatic heterocycles. The van der Waals surface area contributed by atoms with Gasteiger partial charge in [0, 0.05) is 24.6 Å². The van der Waals surface area contributed by atoms with Crippen molar-refractivity contribution in [2.45, 2.75) is 43.8 Å². The van der Waals surface area contributed by atoms with Gasteiger partial charge in [0.05, 0.1) is 6.10 Å². The first kappa shape index (κ1) is 20.0. The molecule has 29 heavy (non-hydrogen) atoms. The van der Waals surface area contributed by atoms with Crippen molar-refractivity contribution in [3.8, 4) is 23.5 Å². The Balaban J connectivity index is 1.89. The molecule has 4 heterocycles. The molecule has 1 aliphatic heterocycles. The molecule has 3 aromatic rings. The second-order valence-electron chi connectivity index (χ2n) is 6.58. The quantitative estimate of drug-likeness (QED) is 0.369. The Hall–Kier alpha value is -2.25. The van der Waals surface area contributed by atoms with E-state index < -0.39 is 17.6 Å². The summed E-state index contributed by atoms with van der Waals surface area (Å²) < 4.78 is 1.72. The molecule has 3 atom stereocenters. The standard InChI is InChI=1S/C19H19ClN6O2S/c1-2-3-4-5-7-12-23-15(20)13-17(24-12)26(19-14(28)11(27)10-29-19)18(25-13)16-21-8-6-9-22-16/h6,8-9,11,14,19,27-28H,2-4,10H2,1H3/t11-,14-,19-/m1/s1. The Bertz CT molecular complexity index is 1080. The van der Waals surface area contributed by atoms with Gasteiger partial charge in [0.2, 0.25) is 5.82 Å². The fourth-order valence-corrected chi connectivity index (χ4v) is 4.55. The topological polar surface area (TPSA) is 110 Å². The summed E-state index contributed by atoms with van der Waals surface area (Å²) in [7, 11) is 0. The van der Waals surface area contributed by atoms with E-state index in [4.69, 9.17) is 11.6 Å². The van der Waals surface area contributed by atoms with Crippen LogP contribution in [0, 0.1) is 11.8 Å². The van der Waals surface area contributed by atoms with Gasteiger partial charge >= 0.3 is 0 Å². The van der Waals surface area contributed by atoms with Crippen molar-refractivity contribution >= 4 is 34.5 Å². The van der Waals surface area contributed by atoms with Gasteiger partial charge in [0.1, 0.15) is 17.0 Å². The zero-order chi connectivity index (χ0) is 20.4. The average Bonchev–Trinajstić information content (AvgIpc) is 3.26. The van der Waals surface area contributed by atoms with Gasteiger partial charge in [-0.1, -0.05) is 30.9 Å². The Kier molecular flexibility index (Phi) is 5.96. The highest BCUT2D eigenvalue weighted by atomic mass is 35.5. The van der Waals surface area contributed by atoms with E-state index in [0.29, 0.717) is 34.4 Å². The van der Waals surface area contributed by atoms with Crippen LogP contribution >= 0.6 is 23.4 Å². The molecule has 2 N–H and O–H groups in total. The van der Waals surface area contributed by atoms with Gasteiger partial charge in [-0.3, -0.25) is 4.57 Å². The van der Waals surface area contributed by atoms with Gasteiger partial charge < -0.3 is 10.2 Å². The van der Waals surface area contributed by atoms with Gasteiger partial charge in [-0.05, 0) is 18.4 Å². The summed E-state index contributed by atoms with van der Waals surface area (Å²) in [5.74, 6) is 7.46. The van der Waals surface area contributed by atoms with Crippen LogP contribution in [0.15, 0.2) is 18.5 Å². The van der Waals surface area contributed by atoms with Crippen LogP contribution in [-0.4, -0.2) is 57.7 Å². The normalized spacial score (nSPS) is 21.3. The lowest BCUT2D eigenvalue weighted by atomic mass is 10.2. The number of thioether (sulfide) groups is 1. The molecule has 0 aliphatic carbocycles. The first-order valence-corrected chi connectivity index (χ1v) is 10.7. The minimum Gasteiger partial charge on any atom is -0.389 e. The lowest BCUT2D eigenvalue weighted by molar-refractivity contribution is 0.0316. The number of aromatic nitrogens is 6. The van der Waals surface area contributed by atoms with Crippen LogP contribution in [0.25, 0.3) is 22.8 Å². The molecule has 1 fully saturated rings. The number of fused-ring (bicyclic) bond motifs is 1. The first-order valence-electron chi connectivity index (χ1n) is 9.29. The molecule has 1 saturated heterocycles. The van der Waals surface area contributed by atoms with Crippen LogP contribution in [-0.2, 0) is 0 Å². The van der Waals surface area contributed by atoms with Crippen molar-refractivity contribution in [2.24, 2.45) is 0 Å². The maximum absolute atomic E-state index is 10.5. The number of rotatable bonds is 4. The highest BCUT2D eigenvalue weighted by molar-refractivity contribution is 7.99. The van der Waals surface area contributed by atoms with Crippen LogP contribution < -0.4 is 0 Å². The highest BCUT2D eigenvalue weighted by Gasteiger charge is 2.38. The number of imidazole rings is 1. The third kappa shape index (κ3) is 3.94. The molecular formula is C19H19ClN6O2S. The lowest BCUT2D eigenvalue weighted by Crippen LogP contribution is -2.28. The number of halogens is 1. The van der Waals surface area contributed by atoms with Gasteiger partial charge in [-0.2, -0.15) is 0 Å². The molecule has 150 valence electrons. The average molecular weight is 431 g/mol. The summed E-state index contributed by atoms with van der Waals surface area (Å²) in [5, 5.41) is 20.3. The maximum atomic E-state index is 10.5. The number of aliphatic hydroxyl groups excluding tert-OH is 2. The summed E-state index contributed by atoms with van der Waals surface area (Å²) in [5.41, 5.74) is 0.806. The van der Waals surface area contributed by atoms with E-state index in [2.05, 4.69) is 43.7 Å². The van der Waals surface area contributed by atoms with E-state index in [0.717, 1.165) is 19.3 Å². The number of hydrogen-bond acceptors (Lipinski definition) is 8. The fraction of sp³-hybridized carbons (Fsp3) is 0.421. The van der Waals surface area contributed by atoms with Crippen LogP contribution in [0.2, 0.25) is 5.15 Å². The van der Waals surface area contributed by atoms with Crippen molar-refractivity contribution < 1.29 is 10.2 Å². The van der Waals surface area contributed by atoms with E-state index in [1.165, 1.54) is 11.8 Å². The van der Waals surface area contributed by atoms with Gasteiger partial charge in [-0.25, -0.2) is 24.9 Å². The largest absolute Gasteiger partial charge is 0.389 e. The van der Waals surface area contributed by atoms with E-state index in [-0.39, 0.29) is 5.15 Å². The first-order chi connectivity index (χ1) is 14.1. The number of unbranched alkanes of at least 4 members (excludes halogenated alkanes) is 2. The van der Waals surface area contributed by atoms with Crippen molar-refractivity contribution in [3.63, 3.8) is 0 Å². The number of hydrogen-bond donors (Lipinski definition) is 2. The number of nitrogens with zero attached hydrogens (tertiary/aromatic N) is 6. The van der Waals surface area contributed by atoms with E-state index in [9.17, 15) is 10.2 Å². The molecule has 4 rings (SSSR count). The molecule has 1 aliphatic rings. The summed E-state index contributed by atoms with van der Waals surface area (Å²) in [4.78, 5) is 21.9. The Morgan fingerprint density at radius 3 is 2.72 bits per heavy atom. The van der Waals surface area contributed by atoms with Crippen LogP contribution in [0.5, 0.6) is 0 Å². The zero-order valence-corrected chi connectivity index (χ0v) is 17.2. The van der Waals surface area contributed by atoms with Gasteiger partial charge in [0.15, 0.2) is 22.4 Å². The summed E-state index contributed by atoms with van der Waals surface area (Å²) >= 11 is 7.80. The predicted molar refractivity (Wildman–Crippen MR) is 111 cm³/mol. The Morgan fingerprint density at radius 1 is 1.24 bits per heavy atom. The smallest absolute Gasteiger partial charge is 0.208 e. The maximum Gasteiger partial charge on any atom is 0.208 e. The molecule has 0 radical (unpaired) electrons. The molecule has 0 bridgehead atoms. The summed E-state index contributed by atoms with van der Waals surface area (Å²) in [6, 6.07) is 1.70. The summed E-state index contributed by atoms with van der Waals surface area (Å²) in [6.07, 6.45) is 4.18. The van der Waals surface area contributed by atoms with Gasteiger partial charge in [0.25, 0.3) is 0 Å². The van der Waals surface area contributed by atoms with E-state index in [1.54, 1.807) is 23.0 Å². The Morgan fingerprint density at radius 2 is 2.03 bits per heavy atom. The van der Waals surface area contributed by atoms with Crippen LogP contribution in [0.1, 0.15) is 37.4 Å². The van der Waals surface area contributed by atoms with Crippen LogP contribution in [0.4, 0.5) is 0 Å². The lowest BCUT2D eigenvalue weighted by Gasteiger charge is -2.19. The molecule has 10 heteroatoms. The van der Waals surface area contributed by atoms with E-state index >= 15 is 0 Å². The molecule has 0 amide bonds. The predicted octanol–water partition coefficient (Wildman–Crippen LogP) is 2.45. The molecule has 0 saturated carbocycles.